The molecule has 3 heterocycles. The van der Waals surface area contributed by atoms with Crippen molar-refractivity contribution in [2.75, 3.05) is 51.9 Å². The van der Waals surface area contributed by atoms with Crippen LogP contribution in [0.5, 0.6) is 0 Å². The van der Waals surface area contributed by atoms with Crippen LogP contribution < -0.4 is 4.31 Å². The van der Waals surface area contributed by atoms with E-state index < -0.39 is 10.0 Å². The Hall–Kier alpha value is -2.28. The van der Waals surface area contributed by atoms with Crippen molar-refractivity contribution < 1.29 is 17.9 Å². The minimum absolute atomic E-state index is 0.315. The van der Waals surface area contributed by atoms with Gasteiger partial charge in [-0.2, -0.15) is 0 Å². The number of benzene rings is 1. The summed E-state index contributed by atoms with van der Waals surface area (Å²) in [6.45, 7) is 3.70. The molecule has 3 aromatic heterocycles. The number of H-pyrrole nitrogens is 1. The Morgan fingerprint density at radius 3 is 2.53 bits per heavy atom. The molecule has 0 aliphatic heterocycles. The highest BCUT2D eigenvalue weighted by molar-refractivity contribution is 7.94. The molecule has 0 aliphatic carbocycles. The maximum atomic E-state index is 13.1. The van der Waals surface area contributed by atoms with Crippen LogP contribution >= 0.6 is 22.7 Å². The normalized spacial score (nSPS) is 12.1. The summed E-state index contributed by atoms with van der Waals surface area (Å²) in [5.74, 6) is 0. The first-order chi connectivity index (χ1) is 16.4. The number of nitrogens with zero attached hydrogens (tertiary/aromatic N) is 3. The molecule has 4 aromatic rings. The van der Waals surface area contributed by atoms with Gasteiger partial charge in [-0.3, -0.25) is 9.21 Å². The summed E-state index contributed by atoms with van der Waals surface area (Å²) in [5, 5.41) is 3.55. The number of para-hydroxylation sites is 1. The lowest BCUT2D eigenvalue weighted by Gasteiger charge is -2.20. The van der Waals surface area contributed by atoms with E-state index in [2.05, 4.69) is 14.9 Å². The average Bonchev–Trinajstić information content (AvgIpc) is 3.60. The molecule has 0 saturated heterocycles. The van der Waals surface area contributed by atoms with Gasteiger partial charge >= 0.3 is 0 Å². The fraction of sp³-hybridized carbons (Fsp3) is 0.348. The van der Waals surface area contributed by atoms with Crippen molar-refractivity contribution >= 4 is 49.3 Å². The van der Waals surface area contributed by atoms with Gasteiger partial charge in [0.15, 0.2) is 0 Å². The number of aromatic nitrogens is 2. The van der Waals surface area contributed by atoms with Crippen molar-refractivity contribution in [3.63, 3.8) is 0 Å². The van der Waals surface area contributed by atoms with E-state index in [9.17, 15) is 8.42 Å². The van der Waals surface area contributed by atoms with Crippen molar-refractivity contribution in [3.8, 4) is 10.7 Å². The number of rotatable bonds is 12. The number of hydrogen-bond donors (Lipinski definition) is 1. The lowest BCUT2D eigenvalue weighted by atomic mass is 10.2. The molecule has 0 aliphatic rings. The molecular weight excluding hydrogens is 492 g/mol. The Labute approximate surface area is 207 Å². The van der Waals surface area contributed by atoms with Crippen LogP contribution in [0, 0.1) is 0 Å². The van der Waals surface area contributed by atoms with Gasteiger partial charge in [-0.25, -0.2) is 13.4 Å². The van der Waals surface area contributed by atoms with E-state index in [0.29, 0.717) is 23.1 Å². The summed E-state index contributed by atoms with van der Waals surface area (Å²) in [6.07, 6.45) is 1.90. The van der Waals surface area contributed by atoms with Crippen LogP contribution in [0.15, 0.2) is 52.2 Å². The smallest absolute Gasteiger partial charge is 0.273 e. The second-order valence-electron chi connectivity index (χ2n) is 7.72. The van der Waals surface area contributed by atoms with Crippen LogP contribution in [-0.4, -0.2) is 70.9 Å². The van der Waals surface area contributed by atoms with E-state index in [1.807, 2.05) is 30.5 Å². The lowest BCUT2D eigenvalue weighted by molar-refractivity contribution is 0.111. The number of anilines is 1. The van der Waals surface area contributed by atoms with Crippen LogP contribution in [0.3, 0.4) is 0 Å². The number of sulfonamides is 1. The molecule has 0 saturated carbocycles. The van der Waals surface area contributed by atoms with Crippen LogP contribution in [0.25, 0.3) is 21.6 Å². The van der Waals surface area contributed by atoms with E-state index in [4.69, 9.17) is 9.47 Å². The molecule has 0 spiro atoms. The largest absolute Gasteiger partial charge is 0.383 e. The maximum Gasteiger partial charge on any atom is 0.273 e. The van der Waals surface area contributed by atoms with Crippen molar-refractivity contribution in [2.24, 2.45) is 0 Å². The fourth-order valence-electron chi connectivity index (χ4n) is 3.63. The molecule has 0 radical (unpaired) electrons. The SMILES string of the molecule is COCCN(CCOC)Cc1cnc(-c2cc3cccc(N(C)S(=O)(=O)c4cccs4)c3[nH]2)s1. The highest BCUT2D eigenvalue weighted by atomic mass is 32.2. The van der Waals surface area contributed by atoms with E-state index in [1.54, 1.807) is 50.1 Å². The fourth-order valence-corrected chi connectivity index (χ4v) is 6.92. The van der Waals surface area contributed by atoms with E-state index in [-0.39, 0.29) is 0 Å². The molecular formula is C23H28N4O4S3. The predicted molar refractivity (Wildman–Crippen MR) is 138 cm³/mol. The zero-order chi connectivity index (χ0) is 24.1. The Balaban J connectivity index is 1.59. The quantitative estimate of drug-likeness (QED) is 0.300. The predicted octanol–water partition coefficient (Wildman–Crippen LogP) is 4.27. The van der Waals surface area contributed by atoms with Gasteiger partial charge in [0.2, 0.25) is 0 Å². The number of thiazole rings is 1. The summed E-state index contributed by atoms with van der Waals surface area (Å²) in [6, 6.07) is 11.0. The zero-order valence-corrected chi connectivity index (χ0v) is 21.8. The van der Waals surface area contributed by atoms with Gasteiger partial charge in [-0.1, -0.05) is 18.2 Å². The van der Waals surface area contributed by atoms with E-state index >= 15 is 0 Å². The number of fused-ring (bicyclic) bond motifs is 1. The first-order valence-electron chi connectivity index (χ1n) is 10.7. The van der Waals surface area contributed by atoms with Crippen LogP contribution in [-0.2, 0) is 26.0 Å². The number of methoxy groups -OCH3 is 2. The minimum Gasteiger partial charge on any atom is -0.383 e. The number of aromatic amines is 1. The van der Waals surface area contributed by atoms with Gasteiger partial charge < -0.3 is 14.5 Å². The van der Waals surface area contributed by atoms with Gasteiger partial charge in [-0.15, -0.1) is 22.7 Å². The number of thiophene rings is 1. The van der Waals surface area contributed by atoms with Crippen LogP contribution in [0.2, 0.25) is 0 Å². The maximum absolute atomic E-state index is 13.1. The Kier molecular flexibility index (Phi) is 8.02. The molecule has 4 rings (SSSR count). The summed E-state index contributed by atoms with van der Waals surface area (Å²) < 4.78 is 38.2. The molecule has 182 valence electrons. The average molecular weight is 521 g/mol. The number of nitrogens with one attached hydrogen (secondary N) is 1. The van der Waals surface area contributed by atoms with Crippen molar-refractivity contribution in [1.29, 1.82) is 0 Å². The number of hydrogen-bond acceptors (Lipinski definition) is 8. The molecule has 11 heteroatoms. The number of ether oxygens (including phenoxy) is 2. The first kappa shape index (κ1) is 24.8. The highest BCUT2D eigenvalue weighted by Gasteiger charge is 2.24. The summed E-state index contributed by atoms with van der Waals surface area (Å²) in [5.41, 5.74) is 2.22. The summed E-state index contributed by atoms with van der Waals surface area (Å²) in [7, 11) is 1.36. The minimum atomic E-state index is -3.63. The van der Waals surface area contributed by atoms with Gasteiger partial charge in [0.25, 0.3) is 10.0 Å². The molecule has 8 nitrogen and oxygen atoms in total. The topological polar surface area (TPSA) is 87.8 Å². The Morgan fingerprint density at radius 2 is 1.85 bits per heavy atom. The molecule has 0 amide bonds. The molecule has 1 N–H and O–H groups in total. The van der Waals surface area contributed by atoms with Gasteiger partial charge in [-0.05, 0) is 23.6 Å². The third kappa shape index (κ3) is 5.35. The van der Waals surface area contributed by atoms with Gasteiger partial charge in [0.1, 0.15) is 9.22 Å². The summed E-state index contributed by atoms with van der Waals surface area (Å²) >= 11 is 2.83. The molecule has 0 fully saturated rings. The standard InChI is InChI=1S/C23H28N4O4S3/c1-26(34(28,29)21-8-5-13-32-21)20-7-4-6-17-14-19(25-22(17)20)23-24-15-18(33-23)16-27(9-11-30-2)10-12-31-3/h4-8,13-15,25H,9-12,16H2,1-3H3. The molecule has 34 heavy (non-hydrogen) atoms. The monoisotopic (exact) mass is 520 g/mol. The van der Waals surface area contributed by atoms with Crippen LogP contribution in [0.4, 0.5) is 5.69 Å². The zero-order valence-electron chi connectivity index (χ0n) is 19.4. The third-order valence-electron chi connectivity index (χ3n) is 5.47. The van der Waals surface area contributed by atoms with Crippen molar-refractivity contribution in [1.82, 2.24) is 14.9 Å². The van der Waals surface area contributed by atoms with Crippen molar-refractivity contribution in [2.45, 2.75) is 10.8 Å². The highest BCUT2D eigenvalue weighted by Crippen LogP contribution is 2.34. The van der Waals surface area contributed by atoms with E-state index in [0.717, 1.165) is 46.1 Å². The van der Waals surface area contributed by atoms with Crippen LogP contribution in [0.1, 0.15) is 4.88 Å². The second-order valence-corrected chi connectivity index (χ2v) is 12.0. The van der Waals surface area contributed by atoms with Gasteiger partial charge in [0.05, 0.1) is 30.1 Å². The first-order valence-corrected chi connectivity index (χ1v) is 13.9. The molecule has 0 bridgehead atoms. The lowest BCUT2D eigenvalue weighted by Crippen LogP contribution is -2.29. The molecule has 1 aromatic carbocycles. The van der Waals surface area contributed by atoms with Gasteiger partial charge in [0, 0.05) is 57.4 Å². The second kappa shape index (κ2) is 11.0. The molecule has 0 unspecified atom stereocenters. The third-order valence-corrected chi connectivity index (χ3v) is 9.63. The molecule has 0 atom stereocenters. The summed E-state index contributed by atoms with van der Waals surface area (Å²) in [4.78, 5) is 11.4. The Morgan fingerprint density at radius 1 is 1.09 bits per heavy atom. The Bertz CT molecular complexity index is 1310. The van der Waals surface area contributed by atoms with Crippen molar-refractivity contribution in [3.05, 3.63) is 52.9 Å². The van der Waals surface area contributed by atoms with E-state index in [1.165, 1.54) is 15.6 Å².